The smallest absolute Gasteiger partial charge is 0.111 e. The van der Waals surface area contributed by atoms with E-state index in [0.717, 1.165) is 28.1 Å². The summed E-state index contributed by atoms with van der Waals surface area (Å²) in [6, 6.07) is 63.4. The highest BCUT2D eigenvalue weighted by atomic mass is 15.1. The van der Waals surface area contributed by atoms with Crippen LogP contribution in [0.4, 0.5) is 0 Å². The molecular formula is C46H32N2. The van der Waals surface area contributed by atoms with Crippen LogP contribution in [0, 0.1) is 6.92 Å². The molecule has 1 heterocycles. The van der Waals surface area contributed by atoms with Gasteiger partial charge in [0, 0.05) is 5.69 Å². The van der Waals surface area contributed by atoms with Gasteiger partial charge in [-0.1, -0.05) is 152 Å². The third-order valence-electron chi connectivity index (χ3n) is 9.56. The normalized spacial score (nSPS) is 11.4. The topological polar surface area (TPSA) is 17.8 Å². The second kappa shape index (κ2) is 11.5. The van der Waals surface area contributed by atoms with Crippen molar-refractivity contribution in [2.45, 2.75) is 6.92 Å². The number of nitrogens with zero attached hydrogens (tertiary/aromatic N) is 2. The molecule has 8 aromatic carbocycles. The van der Waals surface area contributed by atoms with E-state index in [2.05, 4.69) is 181 Å². The van der Waals surface area contributed by atoms with E-state index in [4.69, 9.17) is 4.98 Å². The fraction of sp³-hybridized carbons (Fsp3) is 0.0217. The third kappa shape index (κ3) is 4.70. The zero-order valence-electron chi connectivity index (χ0n) is 26.6. The Morgan fingerprint density at radius 2 is 0.771 bits per heavy atom. The van der Waals surface area contributed by atoms with Crippen LogP contribution in [-0.2, 0) is 0 Å². The van der Waals surface area contributed by atoms with Gasteiger partial charge in [-0.2, -0.15) is 0 Å². The SMILES string of the molecule is Cc1nc2cc(-c3ccc(-c4c5ccccc5c(-c5ccc(-c6ccccc6)cc5)c5ccccc45)cc3)ccc2n1-c1ccccc1. The van der Waals surface area contributed by atoms with Crippen molar-refractivity contribution in [1.29, 1.82) is 0 Å². The predicted molar refractivity (Wildman–Crippen MR) is 203 cm³/mol. The van der Waals surface area contributed by atoms with Gasteiger partial charge in [0.25, 0.3) is 0 Å². The van der Waals surface area contributed by atoms with E-state index in [1.165, 1.54) is 60.5 Å². The van der Waals surface area contributed by atoms with Gasteiger partial charge in [0.05, 0.1) is 11.0 Å². The van der Waals surface area contributed by atoms with E-state index in [1.54, 1.807) is 0 Å². The standard InChI is InChI=1S/C46H32N2/c1-31-47-43-30-37(28-29-44(43)48(31)38-14-6-3-7-15-38)34-22-26-36(27-23-34)46-41-18-10-8-16-39(41)45(40-17-9-11-19-42(40)46)35-24-20-33(21-25-35)32-12-4-2-5-13-32/h2-30H,1H3. The Bertz CT molecular complexity index is 2520. The summed E-state index contributed by atoms with van der Waals surface area (Å²) in [6.07, 6.45) is 0. The van der Waals surface area contributed by atoms with Crippen molar-refractivity contribution in [1.82, 2.24) is 9.55 Å². The lowest BCUT2D eigenvalue weighted by Crippen LogP contribution is -1.95. The van der Waals surface area contributed by atoms with Crippen LogP contribution in [0.15, 0.2) is 176 Å². The van der Waals surface area contributed by atoms with Gasteiger partial charge < -0.3 is 0 Å². The summed E-state index contributed by atoms with van der Waals surface area (Å²) in [7, 11) is 0. The first-order valence-corrected chi connectivity index (χ1v) is 16.5. The maximum absolute atomic E-state index is 4.93. The van der Waals surface area contributed by atoms with Crippen LogP contribution in [0.5, 0.6) is 0 Å². The molecule has 9 aromatic rings. The van der Waals surface area contributed by atoms with E-state index in [1.807, 2.05) is 6.07 Å². The van der Waals surface area contributed by atoms with Gasteiger partial charge in [-0.05, 0) is 97.2 Å². The highest BCUT2D eigenvalue weighted by Gasteiger charge is 2.17. The zero-order chi connectivity index (χ0) is 32.0. The first kappa shape index (κ1) is 28.0. The summed E-state index contributed by atoms with van der Waals surface area (Å²) in [5.74, 6) is 0.984. The molecule has 48 heavy (non-hydrogen) atoms. The number of aromatic nitrogens is 2. The first-order chi connectivity index (χ1) is 23.7. The summed E-state index contributed by atoms with van der Waals surface area (Å²) in [5, 5.41) is 5.04. The van der Waals surface area contributed by atoms with Crippen molar-refractivity contribution < 1.29 is 0 Å². The van der Waals surface area contributed by atoms with Crippen LogP contribution in [-0.4, -0.2) is 9.55 Å². The van der Waals surface area contributed by atoms with Crippen LogP contribution in [0.1, 0.15) is 5.82 Å². The van der Waals surface area contributed by atoms with E-state index < -0.39 is 0 Å². The number of hydrogen-bond donors (Lipinski definition) is 0. The summed E-state index contributed by atoms with van der Waals surface area (Å²) in [6.45, 7) is 2.07. The molecule has 0 aliphatic heterocycles. The predicted octanol–water partition coefficient (Wildman–Crippen LogP) is 12.3. The largest absolute Gasteiger partial charge is 0.297 e. The van der Waals surface area contributed by atoms with Gasteiger partial charge in [-0.25, -0.2) is 4.98 Å². The minimum Gasteiger partial charge on any atom is -0.297 e. The maximum atomic E-state index is 4.93. The van der Waals surface area contributed by atoms with Crippen molar-refractivity contribution in [2.75, 3.05) is 0 Å². The Morgan fingerprint density at radius 1 is 0.375 bits per heavy atom. The number of benzene rings is 8. The molecule has 0 saturated heterocycles. The maximum Gasteiger partial charge on any atom is 0.111 e. The molecule has 0 fully saturated rings. The number of para-hydroxylation sites is 1. The number of fused-ring (bicyclic) bond motifs is 3. The van der Waals surface area contributed by atoms with Crippen LogP contribution >= 0.6 is 0 Å². The van der Waals surface area contributed by atoms with Crippen LogP contribution in [0.3, 0.4) is 0 Å². The number of imidazole rings is 1. The molecule has 0 aliphatic rings. The fourth-order valence-electron chi connectivity index (χ4n) is 7.32. The van der Waals surface area contributed by atoms with Gasteiger partial charge in [0.15, 0.2) is 0 Å². The molecule has 9 rings (SSSR count). The molecule has 0 bridgehead atoms. The van der Waals surface area contributed by atoms with Crippen molar-refractivity contribution in [3.8, 4) is 50.2 Å². The summed E-state index contributed by atoms with van der Waals surface area (Å²) < 4.78 is 2.22. The second-order valence-corrected chi connectivity index (χ2v) is 12.4. The minimum absolute atomic E-state index is 0.984. The lowest BCUT2D eigenvalue weighted by molar-refractivity contribution is 1.00. The van der Waals surface area contributed by atoms with Crippen LogP contribution in [0.2, 0.25) is 0 Å². The van der Waals surface area contributed by atoms with Gasteiger partial charge >= 0.3 is 0 Å². The Balaban J connectivity index is 1.14. The molecule has 1 aromatic heterocycles. The summed E-state index contributed by atoms with van der Waals surface area (Å²) in [4.78, 5) is 4.93. The Labute approximate surface area is 280 Å². The molecule has 0 unspecified atom stereocenters. The van der Waals surface area contributed by atoms with Crippen molar-refractivity contribution in [3.05, 3.63) is 182 Å². The molecular weight excluding hydrogens is 581 g/mol. The molecule has 0 saturated carbocycles. The van der Waals surface area contributed by atoms with Crippen molar-refractivity contribution in [3.63, 3.8) is 0 Å². The molecule has 0 amide bonds. The third-order valence-corrected chi connectivity index (χ3v) is 9.56. The molecule has 0 spiro atoms. The minimum atomic E-state index is 0.984. The highest BCUT2D eigenvalue weighted by molar-refractivity contribution is 6.21. The molecule has 0 N–H and O–H groups in total. The number of hydrogen-bond acceptors (Lipinski definition) is 1. The molecule has 0 aliphatic carbocycles. The van der Waals surface area contributed by atoms with E-state index in [0.29, 0.717) is 0 Å². The van der Waals surface area contributed by atoms with Gasteiger partial charge in [-0.15, -0.1) is 0 Å². The molecule has 2 heteroatoms. The van der Waals surface area contributed by atoms with Gasteiger partial charge in [0.2, 0.25) is 0 Å². The lowest BCUT2D eigenvalue weighted by atomic mass is 9.85. The molecule has 0 radical (unpaired) electrons. The number of rotatable bonds is 5. The highest BCUT2D eigenvalue weighted by Crippen LogP contribution is 2.44. The lowest BCUT2D eigenvalue weighted by Gasteiger charge is -2.18. The Kier molecular flexibility index (Phi) is 6.72. The van der Waals surface area contributed by atoms with Gasteiger partial charge in [0.1, 0.15) is 5.82 Å². The Hall–Kier alpha value is -6.25. The summed E-state index contributed by atoms with van der Waals surface area (Å²) >= 11 is 0. The molecule has 2 nitrogen and oxygen atoms in total. The van der Waals surface area contributed by atoms with E-state index in [-0.39, 0.29) is 0 Å². The second-order valence-electron chi connectivity index (χ2n) is 12.4. The monoisotopic (exact) mass is 612 g/mol. The average molecular weight is 613 g/mol. The van der Waals surface area contributed by atoms with E-state index in [9.17, 15) is 0 Å². The molecule has 226 valence electrons. The van der Waals surface area contributed by atoms with Crippen LogP contribution in [0.25, 0.3) is 82.8 Å². The quantitative estimate of drug-likeness (QED) is 0.177. The molecule has 0 atom stereocenters. The van der Waals surface area contributed by atoms with Gasteiger partial charge in [-0.3, -0.25) is 4.57 Å². The van der Waals surface area contributed by atoms with Crippen LogP contribution < -0.4 is 0 Å². The van der Waals surface area contributed by atoms with E-state index >= 15 is 0 Å². The zero-order valence-corrected chi connectivity index (χ0v) is 26.6. The first-order valence-electron chi connectivity index (χ1n) is 16.5. The Morgan fingerprint density at radius 3 is 1.29 bits per heavy atom. The van der Waals surface area contributed by atoms with Crippen molar-refractivity contribution >= 4 is 32.6 Å². The van der Waals surface area contributed by atoms with Crippen molar-refractivity contribution in [2.24, 2.45) is 0 Å². The fourth-order valence-corrected chi connectivity index (χ4v) is 7.32. The average Bonchev–Trinajstić information content (AvgIpc) is 3.49. The summed E-state index contributed by atoms with van der Waals surface area (Å²) in [5.41, 5.74) is 13.0. The number of aryl methyl sites for hydroxylation is 1.